The molecule has 1 saturated carbocycles. The maximum absolute atomic E-state index is 12.8. The van der Waals surface area contributed by atoms with E-state index in [1.807, 2.05) is 11.8 Å². The van der Waals surface area contributed by atoms with Crippen LogP contribution >= 0.6 is 0 Å². The van der Waals surface area contributed by atoms with E-state index in [1.54, 1.807) is 0 Å². The van der Waals surface area contributed by atoms with E-state index in [9.17, 15) is 9.59 Å². The van der Waals surface area contributed by atoms with Gasteiger partial charge in [0.15, 0.2) is 0 Å². The van der Waals surface area contributed by atoms with E-state index in [0.29, 0.717) is 19.5 Å². The number of hydrogen-bond donors (Lipinski definition) is 1. The van der Waals surface area contributed by atoms with Crippen LogP contribution < -0.4 is 5.32 Å². The minimum Gasteiger partial charge on any atom is -0.353 e. The van der Waals surface area contributed by atoms with Crippen LogP contribution in [0.3, 0.4) is 0 Å². The molecule has 0 aromatic carbocycles. The Morgan fingerprint density at radius 2 is 2.06 bits per heavy atom. The molecule has 1 aliphatic heterocycles. The number of hydrogen-bond acceptors (Lipinski definition) is 2. The maximum Gasteiger partial charge on any atom is 0.242 e. The van der Waals surface area contributed by atoms with E-state index in [0.717, 1.165) is 32.1 Å². The molecule has 0 radical (unpaired) electrons. The first-order valence-electron chi connectivity index (χ1n) is 7.23. The average molecular weight is 252 g/mol. The number of carbonyl (C=O) groups is 2. The van der Waals surface area contributed by atoms with Gasteiger partial charge in [-0.05, 0) is 25.7 Å². The first-order valence-corrected chi connectivity index (χ1v) is 7.23. The fourth-order valence-electron chi connectivity index (χ4n) is 3.44. The van der Waals surface area contributed by atoms with Crippen LogP contribution in [0.25, 0.3) is 0 Å². The van der Waals surface area contributed by atoms with Gasteiger partial charge in [0.05, 0.1) is 0 Å². The third kappa shape index (κ3) is 2.13. The van der Waals surface area contributed by atoms with Crippen molar-refractivity contribution in [1.29, 1.82) is 0 Å². The summed E-state index contributed by atoms with van der Waals surface area (Å²) in [5.41, 5.74) is -0.176. The average Bonchev–Trinajstić information content (AvgIpc) is 2.87. The Kier molecular flexibility index (Phi) is 3.93. The quantitative estimate of drug-likeness (QED) is 0.831. The van der Waals surface area contributed by atoms with Gasteiger partial charge in [-0.3, -0.25) is 9.59 Å². The maximum atomic E-state index is 12.8. The number of nitrogens with one attached hydrogen (secondary N) is 1. The molecule has 1 heterocycles. The summed E-state index contributed by atoms with van der Waals surface area (Å²) < 4.78 is 0. The lowest BCUT2D eigenvalue weighted by atomic mass is 9.81. The highest BCUT2D eigenvalue weighted by Crippen LogP contribution is 2.43. The molecular formula is C14H24N2O2. The Labute approximate surface area is 109 Å². The smallest absolute Gasteiger partial charge is 0.242 e. The van der Waals surface area contributed by atoms with Gasteiger partial charge in [0.2, 0.25) is 11.8 Å². The third-order valence-electron chi connectivity index (χ3n) is 4.67. The number of piperazine rings is 1. The van der Waals surface area contributed by atoms with Gasteiger partial charge in [0, 0.05) is 18.5 Å². The van der Waals surface area contributed by atoms with Crippen LogP contribution in [0.2, 0.25) is 0 Å². The van der Waals surface area contributed by atoms with Crippen molar-refractivity contribution >= 4 is 11.8 Å². The topological polar surface area (TPSA) is 49.4 Å². The van der Waals surface area contributed by atoms with Crippen molar-refractivity contribution < 1.29 is 9.59 Å². The molecule has 4 heteroatoms. The number of nitrogens with zero attached hydrogens (tertiary/aromatic N) is 1. The van der Waals surface area contributed by atoms with Gasteiger partial charge in [-0.2, -0.15) is 0 Å². The predicted molar refractivity (Wildman–Crippen MR) is 70.0 cm³/mol. The molecule has 1 N–H and O–H groups in total. The van der Waals surface area contributed by atoms with E-state index in [2.05, 4.69) is 12.2 Å². The highest BCUT2D eigenvalue weighted by molar-refractivity contribution is 5.91. The van der Waals surface area contributed by atoms with Gasteiger partial charge < -0.3 is 10.2 Å². The number of carbonyl (C=O) groups excluding carboxylic acids is 2. The Morgan fingerprint density at radius 3 is 2.61 bits per heavy atom. The van der Waals surface area contributed by atoms with Crippen molar-refractivity contribution in [2.24, 2.45) is 5.41 Å². The second kappa shape index (κ2) is 5.29. The van der Waals surface area contributed by atoms with E-state index >= 15 is 0 Å². The van der Waals surface area contributed by atoms with Gasteiger partial charge in [0.25, 0.3) is 0 Å². The molecule has 2 aliphatic rings. The molecule has 0 aromatic rings. The standard InChI is InChI=1S/C14H24N2O2/c1-3-11-12(17)15-9-10-16(11)13(18)14(4-2)7-5-6-8-14/h11H,3-10H2,1-2H3,(H,15,17). The molecule has 102 valence electrons. The van der Waals surface area contributed by atoms with Crippen LogP contribution in [-0.4, -0.2) is 35.8 Å². The monoisotopic (exact) mass is 252 g/mol. The van der Waals surface area contributed by atoms with Crippen LogP contribution in [0.15, 0.2) is 0 Å². The summed E-state index contributed by atoms with van der Waals surface area (Å²) in [5, 5.41) is 2.86. The van der Waals surface area contributed by atoms with Crippen LogP contribution in [0.4, 0.5) is 0 Å². The summed E-state index contributed by atoms with van der Waals surface area (Å²) >= 11 is 0. The van der Waals surface area contributed by atoms with E-state index in [1.165, 1.54) is 0 Å². The van der Waals surface area contributed by atoms with Crippen molar-refractivity contribution in [3.63, 3.8) is 0 Å². The molecule has 2 rings (SSSR count). The minimum absolute atomic E-state index is 0.0151. The Hall–Kier alpha value is -1.06. The Morgan fingerprint density at radius 1 is 1.39 bits per heavy atom. The zero-order valence-corrected chi connectivity index (χ0v) is 11.5. The van der Waals surface area contributed by atoms with Gasteiger partial charge in [-0.15, -0.1) is 0 Å². The molecule has 1 saturated heterocycles. The zero-order valence-electron chi connectivity index (χ0n) is 11.5. The Bertz CT molecular complexity index is 335. The molecule has 1 unspecified atom stereocenters. The van der Waals surface area contributed by atoms with Crippen molar-refractivity contribution in [3.05, 3.63) is 0 Å². The molecule has 0 bridgehead atoms. The summed E-state index contributed by atoms with van der Waals surface area (Å²) in [5.74, 6) is 0.241. The summed E-state index contributed by atoms with van der Waals surface area (Å²) in [6.07, 6.45) is 5.90. The number of rotatable bonds is 3. The fraction of sp³-hybridized carbons (Fsp3) is 0.857. The molecule has 0 aromatic heterocycles. The normalized spacial score (nSPS) is 27.1. The largest absolute Gasteiger partial charge is 0.353 e. The zero-order chi connectivity index (χ0) is 13.2. The van der Waals surface area contributed by atoms with Crippen LogP contribution in [0.1, 0.15) is 52.4 Å². The van der Waals surface area contributed by atoms with Gasteiger partial charge >= 0.3 is 0 Å². The lowest BCUT2D eigenvalue weighted by Gasteiger charge is -2.40. The molecule has 1 aliphatic carbocycles. The summed E-state index contributed by atoms with van der Waals surface area (Å²) in [4.78, 5) is 26.5. The van der Waals surface area contributed by atoms with Gasteiger partial charge in [-0.1, -0.05) is 26.7 Å². The van der Waals surface area contributed by atoms with E-state index < -0.39 is 0 Å². The van der Waals surface area contributed by atoms with Crippen molar-refractivity contribution in [1.82, 2.24) is 10.2 Å². The van der Waals surface area contributed by atoms with Gasteiger partial charge in [-0.25, -0.2) is 0 Å². The second-order valence-corrected chi connectivity index (χ2v) is 5.55. The van der Waals surface area contributed by atoms with Crippen molar-refractivity contribution in [2.45, 2.75) is 58.4 Å². The molecule has 2 fully saturated rings. The first kappa shape index (κ1) is 13.4. The van der Waals surface area contributed by atoms with Crippen LogP contribution in [-0.2, 0) is 9.59 Å². The van der Waals surface area contributed by atoms with E-state index in [-0.39, 0.29) is 23.3 Å². The summed E-state index contributed by atoms with van der Waals surface area (Å²) in [7, 11) is 0. The lowest BCUT2D eigenvalue weighted by Crippen LogP contribution is -2.59. The lowest BCUT2D eigenvalue weighted by molar-refractivity contribution is -0.151. The van der Waals surface area contributed by atoms with Gasteiger partial charge in [0.1, 0.15) is 6.04 Å². The van der Waals surface area contributed by atoms with E-state index in [4.69, 9.17) is 0 Å². The molecular weight excluding hydrogens is 228 g/mol. The SMILES string of the molecule is CCC1C(=O)NCCN1C(=O)C1(CC)CCCC1. The van der Waals surface area contributed by atoms with Crippen molar-refractivity contribution in [3.8, 4) is 0 Å². The Balaban J connectivity index is 2.18. The molecule has 0 spiro atoms. The molecule has 4 nitrogen and oxygen atoms in total. The molecule has 18 heavy (non-hydrogen) atoms. The number of amides is 2. The summed E-state index contributed by atoms with van der Waals surface area (Å²) in [6.45, 7) is 5.35. The second-order valence-electron chi connectivity index (χ2n) is 5.55. The predicted octanol–water partition coefficient (Wildman–Crippen LogP) is 1.69. The summed E-state index contributed by atoms with van der Waals surface area (Å²) in [6, 6.07) is -0.254. The highest BCUT2D eigenvalue weighted by atomic mass is 16.2. The first-order chi connectivity index (χ1) is 8.64. The molecule has 1 atom stereocenters. The van der Waals surface area contributed by atoms with Crippen LogP contribution in [0, 0.1) is 5.41 Å². The minimum atomic E-state index is -0.254. The highest BCUT2D eigenvalue weighted by Gasteiger charge is 2.45. The molecule has 2 amide bonds. The fourth-order valence-corrected chi connectivity index (χ4v) is 3.44. The van der Waals surface area contributed by atoms with Crippen molar-refractivity contribution in [2.75, 3.05) is 13.1 Å². The van der Waals surface area contributed by atoms with Crippen LogP contribution in [0.5, 0.6) is 0 Å². The third-order valence-corrected chi connectivity index (χ3v) is 4.67.